The Morgan fingerprint density at radius 1 is 0.545 bits per heavy atom. The van der Waals surface area contributed by atoms with Gasteiger partial charge in [-0.05, 0) is 138 Å². The van der Waals surface area contributed by atoms with Gasteiger partial charge in [-0.3, -0.25) is 4.79 Å². The van der Waals surface area contributed by atoms with Crippen molar-refractivity contribution in [1.29, 1.82) is 0 Å². The molecule has 0 radical (unpaired) electrons. The average Bonchev–Trinajstić information content (AvgIpc) is 2.88. The zero-order chi connectivity index (χ0) is 23.0. The lowest BCUT2D eigenvalue weighted by atomic mass is 9.69. The first-order chi connectivity index (χ1) is 16.1. The van der Waals surface area contributed by atoms with E-state index in [0.29, 0.717) is 5.92 Å². The van der Waals surface area contributed by atoms with E-state index in [0.717, 1.165) is 68.1 Å². The van der Waals surface area contributed by atoms with Gasteiger partial charge in [0.2, 0.25) is 0 Å². The van der Waals surface area contributed by atoms with Crippen molar-refractivity contribution in [2.45, 2.75) is 109 Å². The second kappa shape index (κ2) is 12.4. The molecular formula is C31H48O2. The van der Waals surface area contributed by atoms with Gasteiger partial charge in [0.1, 0.15) is 6.10 Å². The van der Waals surface area contributed by atoms with Crippen molar-refractivity contribution >= 4 is 5.97 Å². The van der Waals surface area contributed by atoms with E-state index in [1.807, 2.05) is 0 Å². The van der Waals surface area contributed by atoms with Gasteiger partial charge in [-0.25, -0.2) is 0 Å². The molecule has 0 aromatic heterocycles. The van der Waals surface area contributed by atoms with Gasteiger partial charge >= 0.3 is 5.97 Å². The molecule has 0 saturated heterocycles. The maximum atomic E-state index is 12.7. The fourth-order valence-electron chi connectivity index (χ4n) is 7.23. The number of rotatable bonds is 7. The SMILES string of the molecule is C=CC1CCC(/C=C/C2CCC(C3CCC(C(=O)OC4CCC(C=C)CC4)CC3)CC2)CC1. The lowest BCUT2D eigenvalue weighted by Gasteiger charge is -2.37. The van der Waals surface area contributed by atoms with E-state index in [2.05, 4.69) is 37.5 Å². The van der Waals surface area contributed by atoms with E-state index in [1.165, 1.54) is 64.2 Å². The normalized spacial score (nSPS) is 40.2. The van der Waals surface area contributed by atoms with Crippen LogP contribution in [0.4, 0.5) is 0 Å². The number of carbonyl (C=O) groups excluding carboxylic acids is 1. The van der Waals surface area contributed by atoms with Crippen LogP contribution < -0.4 is 0 Å². The summed E-state index contributed by atoms with van der Waals surface area (Å²) in [5, 5.41) is 0. The Morgan fingerprint density at radius 3 is 1.42 bits per heavy atom. The number of allylic oxidation sites excluding steroid dienone is 4. The minimum absolute atomic E-state index is 0.103. The molecule has 4 aliphatic rings. The standard InChI is InChI=1S/C31H48O2/c1-3-23-5-7-25(8-6-23)9-10-26-11-15-27(16-12-26)28-17-19-29(20-18-28)31(32)33-30-21-13-24(4-2)14-22-30/h3-4,9-10,23-30H,1-2,5-8,11-22H2/b10-9+. The van der Waals surface area contributed by atoms with E-state index >= 15 is 0 Å². The third kappa shape index (κ3) is 7.09. The van der Waals surface area contributed by atoms with Crippen molar-refractivity contribution in [2.24, 2.45) is 41.4 Å². The number of carbonyl (C=O) groups is 1. The van der Waals surface area contributed by atoms with Crippen LogP contribution in [0.15, 0.2) is 37.5 Å². The van der Waals surface area contributed by atoms with Crippen molar-refractivity contribution in [3.8, 4) is 0 Å². The minimum Gasteiger partial charge on any atom is -0.462 e. The molecular weight excluding hydrogens is 404 g/mol. The van der Waals surface area contributed by atoms with Gasteiger partial charge in [-0.15, -0.1) is 13.2 Å². The van der Waals surface area contributed by atoms with Crippen LogP contribution in [0.25, 0.3) is 0 Å². The Morgan fingerprint density at radius 2 is 0.939 bits per heavy atom. The molecule has 0 unspecified atom stereocenters. The van der Waals surface area contributed by atoms with Crippen molar-refractivity contribution in [2.75, 3.05) is 0 Å². The molecule has 0 aromatic rings. The summed E-state index contributed by atoms with van der Waals surface area (Å²) in [6.45, 7) is 7.88. The molecule has 0 spiro atoms. The molecule has 2 heteroatoms. The molecule has 2 nitrogen and oxygen atoms in total. The molecule has 0 bridgehead atoms. The van der Waals surface area contributed by atoms with Crippen LogP contribution in [0.2, 0.25) is 0 Å². The first-order valence-corrected chi connectivity index (χ1v) is 14.3. The Labute approximate surface area is 203 Å². The summed E-state index contributed by atoms with van der Waals surface area (Å²) in [6.07, 6.45) is 29.3. The van der Waals surface area contributed by atoms with Crippen LogP contribution in [-0.4, -0.2) is 12.1 Å². The third-order valence-corrected chi connectivity index (χ3v) is 9.73. The number of hydrogen-bond acceptors (Lipinski definition) is 2. The predicted molar refractivity (Wildman–Crippen MR) is 138 cm³/mol. The van der Waals surface area contributed by atoms with Gasteiger partial charge in [-0.1, -0.05) is 24.3 Å². The van der Waals surface area contributed by atoms with Crippen molar-refractivity contribution in [3.63, 3.8) is 0 Å². The van der Waals surface area contributed by atoms with Crippen LogP contribution in [-0.2, 0) is 9.53 Å². The average molecular weight is 453 g/mol. The second-order valence-corrected chi connectivity index (χ2v) is 11.8. The molecule has 4 fully saturated rings. The zero-order valence-electron chi connectivity index (χ0n) is 21.0. The number of esters is 1. The van der Waals surface area contributed by atoms with Gasteiger partial charge in [0.25, 0.3) is 0 Å². The van der Waals surface area contributed by atoms with Crippen molar-refractivity contribution in [1.82, 2.24) is 0 Å². The Kier molecular flexibility index (Phi) is 9.33. The molecule has 4 aliphatic carbocycles. The minimum atomic E-state index is 0.103. The van der Waals surface area contributed by atoms with Crippen LogP contribution in [0.1, 0.15) is 103 Å². The van der Waals surface area contributed by atoms with Crippen molar-refractivity contribution in [3.05, 3.63) is 37.5 Å². The first kappa shape index (κ1) is 24.8. The predicted octanol–water partition coefficient (Wildman–Crippen LogP) is 8.44. The van der Waals surface area contributed by atoms with E-state index in [4.69, 9.17) is 4.74 Å². The van der Waals surface area contributed by atoms with Gasteiger partial charge in [-0.2, -0.15) is 0 Å². The summed E-state index contributed by atoms with van der Waals surface area (Å²) in [5.74, 6) is 5.00. The fourth-order valence-corrected chi connectivity index (χ4v) is 7.23. The summed E-state index contributed by atoms with van der Waals surface area (Å²) in [5.41, 5.74) is 0. The molecule has 4 rings (SSSR count). The Bertz CT molecular complexity index is 646. The highest BCUT2D eigenvalue weighted by Gasteiger charge is 2.34. The topological polar surface area (TPSA) is 26.3 Å². The monoisotopic (exact) mass is 452 g/mol. The second-order valence-electron chi connectivity index (χ2n) is 11.8. The Hall–Kier alpha value is -1.31. The molecule has 0 amide bonds. The Balaban J connectivity index is 1.12. The van der Waals surface area contributed by atoms with Crippen molar-refractivity contribution < 1.29 is 9.53 Å². The molecule has 0 aliphatic heterocycles. The van der Waals surface area contributed by atoms with Gasteiger partial charge in [0, 0.05) is 0 Å². The maximum absolute atomic E-state index is 12.7. The highest BCUT2D eigenvalue weighted by Crippen LogP contribution is 2.42. The van der Waals surface area contributed by atoms with E-state index < -0.39 is 0 Å². The van der Waals surface area contributed by atoms with Crippen LogP contribution in [0.3, 0.4) is 0 Å². The van der Waals surface area contributed by atoms with Gasteiger partial charge in [0.15, 0.2) is 0 Å². The lowest BCUT2D eigenvalue weighted by Crippen LogP contribution is -2.32. The number of hydrogen-bond donors (Lipinski definition) is 0. The van der Waals surface area contributed by atoms with E-state index in [-0.39, 0.29) is 18.0 Å². The molecule has 4 saturated carbocycles. The summed E-state index contributed by atoms with van der Waals surface area (Å²) < 4.78 is 5.92. The quantitative estimate of drug-likeness (QED) is 0.286. The zero-order valence-corrected chi connectivity index (χ0v) is 21.0. The molecule has 33 heavy (non-hydrogen) atoms. The van der Waals surface area contributed by atoms with Crippen LogP contribution in [0.5, 0.6) is 0 Å². The largest absolute Gasteiger partial charge is 0.462 e. The number of ether oxygens (including phenoxy) is 1. The van der Waals surface area contributed by atoms with E-state index in [1.54, 1.807) is 0 Å². The molecule has 184 valence electrons. The summed E-state index contributed by atoms with van der Waals surface area (Å²) in [7, 11) is 0. The molecule has 0 N–H and O–H groups in total. The van der Waals surface area contributed by atoms with Gasteiger partial charge in [0.05, 0.1) is 5.92 Å². The van der Waals surface area contributed by atoms with E-state index in [9.17, 15) is 4.79 Å². The summed E-state index contributed by atoms with van der Waals surface area (Å²) >= 11 is 0. The fraction of sp³-hybridized carbons (Fsp3) is 0.774. The lowest BCUT2D eigenvalue weighted by molar-refractivity contribution is -0.157. The summed E-state index contributed by atoms with van der Waals surface area (Å²) in [6, 6.07) is 0. The van der Waals surface area contributed by atoms with Crippen LogP contribution in [0, 0.1) is 41.4 Å². The first-order valence-electron chi connectivity index (χ1n) is 14.3. The highest BCUT2D eigenvalue weighted by molar-refractivity contribution is 5.72. The maximum Gasteiger partial charge on any atom is 0.309 e. The van der Waals surface area contributed by atoms with Crippen LogP contribution >= 0.6 is 0 Å². The van der Waals surface area contributed by atoms with Gasteiger partial charge < -0.3 is 4.74 Å². The molecule has 0 atom stereocenters. The molecule has 0 aromatic carbocycles. The smallest absolute Gasteiger partial charge is 0.309 e. The highest BCUT2D eigenvalue weighted by atomic mass is 16.5. The third-order valence-electron chi connectivity index (χ3n) is 9.73. The molecule has 0 heterocycles. The summed E-state index contributed by atoms with van der Waals surface area (Å²) in [4.78, 5) is 12.7.